The Kier molecular flexibility index (Phi) is 7.74. The summed E-state index contributed by atoms with van der Waals surface area (Å²) in [6.45, 7) is 5.98. The third-order valence-electron chi connectivity index (χ3n) is 3.85. The summed E-state index contributed by atoms with van der Waals surface area (Å²) in [5, 5.41) is 6.61. The van der Waals surface area contributed by atoms with E-state index in [1.165, 1.54) is 5.56 Å². The third-order valence-corrected chi connectivity index (χ3v) is 3.85. The van der Waals surface area contributed by atoms with E-state index in [1.807, 2.05) is 25.1 Å². The van der Waals surface area contributed by atoms with Crippen molar-refractivity contribution < 1.29 is 9.47 Å². The highest BCUT2D eigenvalue weighted by Gasteiger charge is 2.07. The van der Waals surface area contributed by atoms with E-state index in [-0.39, 0.29) is 0 Å². The van der Waals surface area contributed by atoms with Crippen molar-refractivity contribution in [2.75, 3.05) is 20.8 Å². The van der Waals surface area contributed by atoms with Gasteiger partial charge in [-0.1, -0.05) is 25.1 Å². The molecule has 140 valence electrons. The summed E-state index contributed by atoms with van der Waals surface area (Å²) in [7, 11) is 3.44. The highest BCUT2D eigenvalue weighted by molar-refractivity contribution is 5.79. The number of methoxy groups -OCH3 is 1. The molecule has 0 aliphatic rings. The second-order valence-corrected chi connectivity index (χ2v) is 5.91. The number of guanidine groups is 1. The number of hydrogen-bond acceptors (Lipinski definition) is 4. The molecule has 26 heavy (non-hydrogen) atoms. The van der Waals surface area contributed by atoms with E-state index < -0.39 is 0 Å². The van der Waals surface area contributed by atoms with Crippen LogP contribution >= 0.6 is 0 Å². The Morgan fingerprint density at radius 1 is 1.15 bits per heavy atom. The number of aromatic nitrogens is 1. The average molecular weight is 356 g/mol. The number of aryl methyl sites for hydroxylation is 1. The fourth-order valence-corrected chi connectivity index (χ4v) is 2.46. The molecule has 0 amide bonds. The topological polar surface area (TPSA) is 67.8 Å². The number of rotatable bonds is 8. The first kappa shape index (κ1) is 19.6. The summed E-state index contributed by atoms with van der Waals surface area (Å²) in [6, 6.07) is 10.1. The fourth-order valence-electron chi connectivity index (χ4n) is 2.46. The minimum Gasteiger partial charge on any atom is -0.496 e. The van der Waals surface area contributed by atoms with Crippen LogP contribution in [-0.4, -0.2) is 31.7 Å². The van der Waals surface area contributed by atoms with Gasteiger partial charge in [-0.3, -0.25) is 4.99 Å². The number of nitrogens with zero attached hydrogens (tertiary/aromatic N) is 2. The van der Waals surface area contributed by atoms with Crippen LogP contribution in [0.25, 0.3) is 0 Å². The van der Waals surface area contributed by atoms with Gasteiger partial charge in [-0.25, -0.2) is 4.98 Å². The molecule has 0 bridgehead atoms. The van der Waals surface area contributed by atoms with E-state index in [1.54, 1.807) is 20.4 Å². The average Bonchev–Trinajstić information content (AvgIpc) is 2.67. The lowest BCUT2D eigenvalue weighted by Gasteiger charge is -2.15. The van der Waals surface area contributed by atoms with Gasteiger partial charge in [0.15, 0.2) is 5.96 Å². The molecule has 0 atom stereocenters. The van der Waals surface area contributed by atoms with Gasteiger partial charge >= 0.3 is 0 Å². The van der Waals surface area contributed by atoms with Crippen molar-refractivity contribution in [3.05, 3.63) is 53.2 Å². The maximum absolute atomic E-state index is 5.70. The molecule has 0 saturated carbocycles. The highest BCUT2D eigenvalue weighted by atomic mass is 16.5. The van der Waals surface area contributed by atoms with E-state index in [2.05, 4.69) is 39.7 Å². The Labute approximate surface area is 155 Å². The van der Waals surface area contributed by atoms with Crippen molar-refractivity contribution in [1.29, 1.82) is 0 Å². The Morgan fingerprint density at radius 3 is 2.62 bits per heavy atom. The number of benzene rings is 1. The fraction of sp³-hybridized carbons (Fsp3) is 0.400. The Hall–Kier alpha value is -2.76. The van der Waals surface area contributed by atoms with Crippen molar-refractivity contribution in [3.8, 4) is 11.6 Å². The molecule has 0 fully saturated rings. The van der Waals surface area contributed by atoms with Gasteiger partial charge < -0.3 is 20.1 Å². The SMILES string of the molecule is CCCOc1ncccc1CNC(=NC)NCc1ccc(C)cc1OC. The van der Waals surface area contributed by atoms with E-state index >= 15 is 0 Å². The van der Waals surface area contributed by atoms with E-state index in [0.29, 0.717) is 31.5 Å². The van der Waals surface area contributed by atoms with Gasteiger partial charge in [-0.05, 0) is 31.0 Å². The largest absolute Gasteiger partial charge is 0.496 e. The van der Waals surface area contributed by atoms with Gasteiger partial charge in [-0.2, -0.15) is 0 Å². The Morgan fingerprint density at radius 2 is 1.92 bits per heavy atom. The summed E-state index contributed by atoms with van der Waals surface area (Å²) >= 11 is 0. The van der Waals surface area contributed by atoms with Crippen LogP contribution in [0, 0.1) is 6.92 Å². The molecule has 0 radical (unpaired) electrons. The lowest BCUT2D eigenvalue weighted by Crippen LogP contribution is -2.36. The number of nitrogens with one attached hydrogen (secondary N) is 2. The molecule has 6 nitrogen and oxygen atoms in total. The highest BCUT2D eigenvalue weighted by Crippen LogP contribution is 2.19. The lowest BCUT2D eigenvalue weighted by atomic mass is 10.1. The summed E-state index contributed by atoms with van der Waals surface area (Å²) in [5.41, 5.74) is 3.25. The van der Waals surface area contributed by atoms with Crippen LogP contribution in [0.3, 0.4) is 0 Å². The predicted molar refractivity (Wildman–Crippen MR) is 105 cm³/mol. The zero-order valence-electron chi connectivity index (χ0n) is 16.0. The van der Waals surface area contributed by atoms with Gasteiger partial charge in [0.2, 0.25) is 5.88 Å². The van der Waals surface area contributed by atoms with Crippen molar-refractivity contribution in [1.82, 2.24) is 15.6 Å². The molecule has 0 spiro atoms. The first-order valence-electron chi connectivity index (χ1n) is 8.82. The van der Waals surface area contributed by atoms with Gasteiger partial charge in [0, 0.05) is 37.5 Å². The molecular formula is C20H28N4O2. The Balaban J connectivity index is 1.95. The minimum absolute atomic E-state index is 0.581. The van der Waals surface area contributed by atoms with Gasteiger partial charge in [0.1, 0.15) is 5.75 Å². The minimum atomic E-state index is 0.581. The van der Waals surface area contributed by atoms with E-state index in [4.69, 9.17) is 9.47 Å². The van der Waals surface area contributed by atoms with Crippen LogP contribution < -0.4 is 20.1 Å². The van der Waals surface area contributed by atoms with Crippen LogP contribution in [0.1, 0.15) is 30.0 Å². The smallest absolute Gasteiger partial charge is 0.218 e. The van der Waals surface area contributed by atoms with Crippen molar-refractivity contribution >= 4 is 5.96 Å². The van der Waals surface area contributed by atoms with Crippen LogP contribution in [0.5, 0.6) is 11.6 Å². The summed E-state index contributed by atoms with van der Waals surface area (Å²) in [6.07, 6.45) is 2.69. The van der Waals surface area contributed by atoms with Crippen LogP contribution in [0.4, 0.5) is 0 Å². The molecule has 2 aromatic rings. The van der Waals surface area contributed by atoms with Gasteiger partial charge in [0.05, 0.1) is 13.7 Å². The lowest BCUT2D eigenvalue weighted by molar-refractivity contribution is 0.301. The van der Waals surface area contributed by atoms with Crippen LogP contribution in [-0.2, 0) is 13.1 Å². The maximum atomic E-state index is 5.70. The molecule has 2 rings (SSSR count). The predicted octanol–water partition coefficient (Wildman–Crippen LogP) is 3.05. The van der Waals surface area contributed by atoms with E-state index in [9.17, 15) is 0 Å². The molecule has 2 N–H and O–H groups in total. The molecule has 1 heterocycles. The molecule has 0 aliphatic heterocycles. The summed E-state index contributed by atoms with van der Waals surface area (Å²) < 4.78 is 11.1. The zero-order valence-corrected chi connectivity index (χ0v) is 16.0. The molecule has 6 heteroatoms. The van der Waals surface area contributed by atoms with Crippen LogP contribution in [0.15, 0.2) is 41.5 Å². The van der Waals surface area contributed by atoms with Crippen molar-refractivity contribution in [2.24, 2.45) is 4.99 Å². The maximum Gasteiger partial charge on any atom is 0.218 e. The van der Waals surface area contributed by atoms with Crippen LogP contribution in [0.2, 0.25) is 0 Å². The third kappa shape index (κ3) is 5.65. The molecule has 1 aromatic carbocycles. The van der Waals surface area contributed by atoms with Gasteiger partial charge in [-0.15, -0.1) is 0 Å². The monoisotopic (exact) mass is 356 g/mol. The number of ether oxygens (including phenoxy) is 2. The molecule has 0 unspecified atom stereocenters. The number of aliphatic imine (C=N–C) groups is 1. The first-order valence-corrected chi connectivity index (χ1v) is 8.82. The standard InChI is InChI=1S/C20H28N4O2/c1-5-11-26-19-17(7-6-10-22-19)14-24-20(21-3)23-13-16-9-8-15(2)12-18(16)25-4/h6-10,12H,5,11,13-14H2,1-4H3,(H2,21,23,24). The second kappa shape index (κ2) is 10.3. The Bertz CT molecular complexity index is 732. The quantitative estimate of drug-likeness (QED) is 0.562. The molecule has 0 aliphatic carbocycles. The number of hydrogen-bond donors (Lipinski definition) is 2. The molecule has 1 aromatic heterocycles. The van der Waals surface area contributed by atoms with Crippen molar-refractivity contribution in [3.63, 3.8) is 0 Å². The normalized spacial score (nSPS) is 11.2. The second-order valence-electron chi connectivity index (χ2n) is 5.91. The first-order chi connectivity index (χ1) is 12.7. The van der Waals surface area contributed by atoms with Crippen molar-refractivity contribution in [2.45, 2.75) is 33.4 Å². The number of pyridine rings is 1. The van der Waals surface area contributed by atoms with Gasteiger partial charge in [0.25, 0.3) is 0 Å². The molecule has 0 saturated heterocycles. The van der Waals surface area contributed by atoms with E-state index in [0.717, 1.165) is 23.3 Å². The summed E-state index contributed by atoms with van der Waals surface area (Å²) in [4.78, 5) is 8.58. The molecular weight excluding hydrogens is 328 g/mol. The summed E-state index contributed by atoms with van der Waals surface area (Å²) in [5.74, 6) is 2.24. The zero-order chi connectivity index (χ0) is 18.8.